The molecule has 0 spiro atoms. The van der Waals surface area contributed by atoms with Gasteiger partial charge in [0, 0.05) is 17.8 Å². The number of benzene rings is 2. The van der Waals surface area contributed by atoms with Crippen molar-refractivity contribution in [3.63, 3.8) is 0 Å². The highest BCUT2D eigenvalue weighted by Crippen LogP contribution is 2.31. The number of carbonyl (C=O) groups excluding carboxylic acids is 2. The van der Waals surface area contributed by atoms with E-state index < -0.39 is 6.04 Å². The number of hydrogen-bond donors (Lipinski definition) is 1. The summed E-state index contributed by atoms with van der Waals surface area (Å²) < 4.78 is 10.7. The summed E-state index contributed by atoms with van der Waals surface area (Å²) in [6, 6.07) is 13.6. The third-order valence-corrected chi connectivity index (χ3v) is 5.34. The van der Waals surface area contributed by atoms with Gasteiger partial charge in [-0.3, -0.25) is 14.5 Å². The number of rotatable bonds is 8. The van der Waals surface area contributed by atoms with Crippen LogP contribution >= 0.6 is 12.2 Å². The van der Waals surface area contributed by atoms with Crippen LogP contribution in [-0.2, 0) is 9.59 Å². The first-order valence-corrected chi connectivity index (χ1v) is 10.6. The van der Waals surface area contributed by atoms with Gasteiger partial charge in [-0.15, -0.1) is 0 Å². The Hall–Kier alpha value is -3.13. The molecule has 1 unspecified atom stereocenters. The average Bonchev–Trinajstić information content (AvgIpc) is 2.99. The molecule has 0 aliphatic carbocycles. The van der Waals surface area contributed by atoms with Crippen LogP contribution in [-0.4, -0.2) is 47.6 Å². The summed E-state index contributed by atoms with van der Waals surface area (Å²) in [6.45, 7) is 6.39. The molecule has 31 heavy (non-hydrogen) atoms. The van der Waals surface area contributed by atoms with Crippen molar-refractivity contribution in [3.8, 4) is 11.5 Å². The van der Waals surface area contributed by atoms with Crippen molar-refractivity contribution in [2.45, 2.75) is 39.3 Å². The van der Waals surface area contributed by atoms with Crippen LogP contribution in [0.15, 0.2) is 48.5 Å². The lowest BCUT2D eigenvalue weighted by atomic mass is 10.1. The van der Waals surface area contributed by atoms with E-state index in [9.17, 15) is 9.59 Å². The predicted molar refractivity (Wildman–Crippen MR) is 125 cm³/mol. The van der Waals surface area contributed by atoms with Gasteiger partial charge in [0.2, 0.25) is 5.91 Å². The molecule has 1 heterocycles. The molecule has 1 saturated heterocycles. The Balaban J connectivity index is 1.77. The smallest absolute Gasteiger partial charge is 0.256 e. The molecule has 1 N–H and O–H groups in total. The molecule has 1 aliphatic heterocycles. The van der Waals surface area contributed by atoms with E-state index in [-0.39, 0.29) is 24.3 Å². The van der Waals surface area contributed by atoms with Crippen molar-refractivity contribution in [1.29, 1.82) is 0 Å². The number of amides is 2. The largest absolute Gasteiger partial charge is 0.497 e. The van der Waals surface area contributed by atoms with Crippen LogP contribution in [0.5, 0.6) is 11.5 Å². The molecule has 1 aliphatic rings. The Labute approximate surface area is 187 Å². The topological polar surface area (TPSA) is 71.1 Å². The highest BCUT2D eigenvalue weighted by molar-refractivity contribution is 7.80. The van der Waals surface area contributed by atoms with Gasteiger partial charge < -0.3 is 19.7 Å². The van der Waals surface area contributed by atoms with E-state index in [1.165, 1.54) is 4.90 Å². The third-order valence-electron chi connectivity index (χ3n) is 4.95. The summed E-state index contributed by atoms with van der Waals surface area (Å²) in [7, 11) is 1.57. The summed E-state index contributed by atoms with van der Waals surface area (Å²) in [5.41, 5.74) is 1.26. The van der Waals surface area contributed by atoms with Gasteiger partial charge in [-0.2, -0.15) is 0 Å². The van der Waals surface area contributed by atoms with Gasteiger partial charge in [0.15, 0.2) is 5.11 Å². The van der Waals surface area contributed by atoms with E-state index in [1.807, 2.05) is 25.7 Å². The second-order valence-corrected chi connectivity index (χ2v) is 7.75. The van der Waals surface area contributed by atoms with Crippen molar-refractivity contribution >= 4 is 40.5 Å². The van der Waals surface area contributed by atoms with Gasteiger partial charge in [-0.25, -0.2) is 0 Å². The Bertz CT molecular complexity index is 962. The maximum Gasteiger partial charge on any atom is 0.256 e. The zero-order valence-corrected chi connectivity index (χ0v) is 18.9. The Morgan fingerprint density at radius 2 is 1.87 bits per heavy atom. The molecule has 7 nitrogen and oxygen atoms in total. The normalized spacial score (nSPS) is 16.1. The molecule has 2 aromatic carbocycles. The number of thiocarbonyl (C=S) groups is 1. The standard InChI is InChI=1S/C23H27N3O4S/c1-5-30-18-11-9-16(10-12-18)24-21(27)14-20-22(28)26(23(31)25(20)15(2)3)17-7-6-8-19(13-17)29-4/h6-13,15,20H,5,14H2,1-4H3,(H,24,27). The zero-order valence-electron chi connectivity index (χ0n) is 18.1. The maximum absolute atomic E-state index is 13.3. The Kier molecular flexibility index (Phi) is 7.12. The molecule has 0 saturated carbocycles. The van der Waals surface area contributed by atoms with Crippen LogP contribution in [0.25, 0.3) is 0 Å². The van der Waals surface area contributed by atoms with E-state index in [0.29, 0.717) is 28.8 Å². The van der Waals surface area contributed by atoms with Crippen molar-refractivity contribution in [2.75, 3.05) is 23.9 Å². The van der Waals surface area contributed by atoms with Crippen LogP contribution in [0.4, 0.5) is 11.4 Å². The Morgan fingerprint density at radius 1 is 1.16 bits per heavy atom. The summed E-state index contributed by atoms with van der Waals surface area (Å²) in [5.74, 6) is 0.870. The fourth-order valence-electron chi connectivity index (χ4n) is 3.55. The number of nitrogens with one attached hydrogen (secondary N) is 1. The lowest BCUT2D eigenvalue weighted by Gasteiger charge is -2.27. The lowest BCUT2D eigenvalue weighted by molar-refractivity contribution is -0.124. The van der Waals surface area contributed by atoms with Crippen LogP contribution < -0.4 is 19.7 Å². The SMILES string of the molecule is CCOc1ccc(NC(=O)CC2C(=O)N(c3cccc(OC)c3)C(=S)N2C(C)C)cc1. The quantitative estimate of drug-likeness (QED) is 0.628. The predicted octanol–water partition coefficient (Wildman–Crippen LogP) is 3.83. The van der Waals surface area contributed by atoms with Crippen molar-refractivity contribution < 1.29 is 19.1 Å². The van der Waals surface area contributed by atoms with Crippen LogP contribution in [0.1, 0.15) is 27.2 Å². The molecular weight excluding hydrogens is 414 g/mol. The van der Waals surface area contributed by atoms with Crippen LogP contribution in [0, 0.1) is 0 Å². The number of carbonyl (C=O) groups is 2. The number of nitrogens with zero attached hydrogens (tertiary/aromatic N) is 2. The van der Waals surface area contributed by atoms with E-state index in [4.69, 9.17) is 21.7 Å². The van der Waals surface area contributed by atoms with Gasteiger partial charge in [0.05, 0.1) is 25.8 Å². The molecule has 2 amide bonds. The molecule has 8 heteroatoms. The van der Waals surface area contributed by atoms with Crippen LogP contribution in [0.2, 0.25) is 0 Å². The minimum atomic E-state index is -0.679. The van der Waals surface area contributed by atoms with Gasteiger partial charge in [-0.05, 0) is 69.4 Å². The second kappa shape index (κ2) is 9.78. The minimum Gasteiger partial charge on any atom is -0.497 e. The first-order valence-electron chi connectivity index (χ1n) is 10.2. The molecule has 3 rings (SSSR count). The fourth-order valence-corrected chi connectivity index (χ4v) is 4.09. The highest BCUT2D eigenvalue weighted by atomic mass is 32.1. The van der Waals surface area contributed by atoms with Crippen molar-refractivity contribution in [3.05, 3.63) is 48.5 Å². The Morgan fingerprint density at radius 3 is 2.48 bits per heavy atom. The second-order valence-electron chi connectivity index (χ2n) is 7.38. The first kappa shape index (κ1) is 22.6. The van der Waals surface area contributed by atoms with Gasteiger partial charge in [0.1, 0.15) is 17.5 Å². The van der Waals surface area contributed by atoms with Gasteiger partial charge in [0.25, 0.3) is 5.91 Å². The molecule has 1 atom stereocenters. The molecule has 164 valence electrons. The fraction of sp³-hybridized carbons (Fsp3) is 0.348. The third kappa shape index (κ3) is 4.96. The molecule has 0 bridgehead atoms. The first-order chi connectivity index (χ1) is 14.8. The number of anilines is 2. The van der Waals surface area contributed by atoms with E-state index in [1.54, 1.807) is 55.6 Å². The summed E-state index contributed by atoms with van der Waals surface area (Å²) >= 11 is 5.62. The van der Waals surface area contributed by atoms with Gasteiger partial charge in [-0.1, -0.05) is 6.07 Å². The summed E-state index contributed by atoms with van der Waals surface area (Å²) in [5, 5.41) is 3.23. The molecule has 0 radical (unpaired) electrons. The summed E-state index contributed by atoms with van der Waals surface area (Å²) in [6.07, 6.45) is -0.00909. The van der Waals surface area contributed by atoms with E-state index >= 15 is 0 Å². The number of hydrogen-bond acceptors (Lipinski definition) is 5. The highest BCUT2D eigenvalue weighted by Gasteiger charge is 2.45. The van der Waals surface area contributed by atoms with Gasteiger partial charge >= 0.3 is 0 Å². The van der Waals surface area contributed by atoms with Crippen molar-refractivity contribution in [1.82, 2.24) is 4.90 Å². The number of ether oxygens (including phenoxy) is 2. The molecular formula is C23H27N3O4S. The van der Waals surface area contributed by atoms with Crippen molar-refractivity contribution in [2.24, 2.45) is 0 Å². The maximum atomic E-state index is 13.3. The molecule has 2 aromatic rings. The minimum absolute atomic E-state index is 0.00909. The lowest BCUT2D eigenvalue weighted by Crippen LogP contribution is -2.42. The molecule has 0 aromatic heterocycles. The van der Waals surface area contributed by atoms with E-state index in [2.05, 4.69) is 5.32 Å². The molecule has 1 fully saturated rings. The zero-order chi connectivity index (χ0) is 22.5. The monoisotopic (exact) mass is 441 g/mol. The number of methoxy groups -OCH3 is 1. The van der Waals surface area contributed by atoms with Crippen LogP contribution in [0.3, 0.4) is 0 Å². The van der Waals surface area contributed by atoms with E-state index in [0.717, 1.165) is 5.75 Å². The summed E-state index contributed by atoms with van der Waals surface area (Å²) in [4.78, 5) is 29.3. The average molecular weight is 442 g/mol.